The lowest BCUT2D eigenvalue weighted by Gasteiger charge is -2.10. The molecule has 0 aliphatic heterocycles. The van der Waals surface area contributed by atoms with Crippen molar-refractivity contribution in [3.05, 3.63) is 59.5 Å². The Morgan fingerprint density at radius 3 is 2.54 bits per heavy atom. The van der Waals surface area contributed by atoms with Crippen molar-refractivity contribution in [1.29, 1.82) is 0 Å². The van der Waals surface area contributed by atoms with Crippen molar-refractivity contribution in [2.24, 2.45) is 0 Å². The average Bonchev–Trinajstić information content (AvgIpc) is 3.13. The van der Waals surface area contributed by atoms with E-state index in [0.29, 0.717) is 18.7 Å². The SMILES string of the molecule is CC(C)NC(=O)NCc1ccc(C(=O)NCCSCc2ccco2)cc1. The van der Waals surface area contributed by atoms with Crippen molar-refractivity contribution >= 4 is 23.7 Å². The van der Waals surface area contributed by atoms with E-state index in [9.17, 15) is 9.59 Å². The van der Waals surface area contributed by atoms with Crippen molar-refractivity contribution < 1.29 is 14.0 Å². The molecule has 0 atom stereocenters. The van der Waals surface area contributed by atoms with E-state index in [4.69, 9.17) is 4.42 Å². The fraction of sp³-hybridized carbons (Fsp3) is 0.368. The molecule has 6 nitrogen and oxygen atoms in total. The van der Waals surface area contributed by atoms with Crippen molar-refractivity contribution in [3.8, 4) is 0 Å². The van der Waals surface area contributed by atoms with E-state index in [-0.39, 0.29) is 18.0 Å². The van der Waals surface area contributed by atoms with Gasteiger partial charge in [-0.15, -0.1) is 0 Å². The molecule has 0 aliphatic rings. The summed E-state index contributed by atoms with van der Waals surface area (Å²) < 4.78 is 5.26. The lowest BCUT2D eigenvalue weighted by atomic mass is 10.1. The third-order valence-corrected chi connectivity index (χ3v) is 4.43. The van der Waals surface area contributed by atoms with Crippen LogP contribution in [0, 0.1) is 0 Å². The number of thioether (sulfide) groups is 1. The van der Waals surface area contributed by atoms with E-state index in [0.717, 1.165) is 22.8 Å². The van der Waals surface area contributed by atoms with E-state index in [1.165, 1.54) is 0 Å². The Kier molecular flexibility index (Phi) is 8.08. The Balaban J connectivity index is 1.66. The number of hydrogen-bond donors (Lipinski definition) is 3. The smallest absolute Gasteiger partial charge is 0.315 e. The Morgan fingerprint density at radius 2 is 1.88 bits per heavy atom. The summed E-state index contributed by atoms with van der Waals surface area (Å²) in [6.07, 6.45) is 1.66. The van der Waals surface area contributed by atoms with Gasteiger partial charge >= 0.3 is 6.03 Å². The van der Waals surface area contributed by atoms with Gasteiger partial charge in [0.2, 0.25) is 0 Å². The van der Waals surface area contributed by atoms with Crippen LogP contribution in [0.1, 0.15) is 35.5 Å². The molecule has 0 saturated carbocycles. The first-order valence-electron chi connectivity index (χ1n) is 8.56. The third kappa shape index (κ3) is 7.23. The number of urea groups is 1. The van der Waals surface area contributed by atoms with E-state index >= 15 is 0 Å². The zero-order chi connectivity index (χ0) is 18.8. The summed E-state index contributed by atoms with van der Waals surface area (Å²) in [6, 6.07) is 10.9. The molecule has 0 saturated heterocycles. The highest BCUT2D eigenvalue weighted by Crippen LogP contribution is 2.11. The van der Waals surface area contributed by atoms with Crippen LogP contribution >= 0.6 is 11.8 Å². The van der Waals surface area contributed by atoms with E-state index in [2.05, 4.69) is 16.0 Å². The second kappa shape index (κ2) is 10.6. The Bertz CT molecular complexity index is 685. The van der Waals surface area contributed by atoms with Crippen LogP contribution in [-0.4, -0.2) is 30.3 Å². The zero-order valence-electron chi connectivity index (χ0n) is 15.1. The minimum atomic E-state index is -0.200. The largest absolute Gasteiger partial charge is 0.468 e. The van der Waals surface area contributed by atoms with Gasteiger partial charge in [-0.3, -0.25) is 4.79 Å². The molecule has 140 valence electrons. The molecule has 0 spiro atoms. The first-order chi connectivity index (χ1) is 12.5. The van der Waals surface area contributed by atoms with Crippen LogP contribution in [-0.2, 0) is 12.3 Å². The van der Waals surface area contributed by atoms with Crippen LogP contribution in [0.25, 0.3) is 0 Å². The summed E-state index contributed by atoms with van der Waals surface area (Å²) in [5, 5.41) is 8.44. The molecule has 0 aliphatic carbocycles. The van der Waals surface area contributed by atoms with Crippen molar-refractivity contribution in [3.63, 3.8) is 0 Å². The lowest BCUT2D eigenvalue weighted by Crippen LogP contribution is -2.39. The van der Waals surface area contributed by atoms with Crippen LogP contribution in [0.4, 0.5) is 4.79 Å². The molecular formula is C19H25N3O3S. The first kappa shape index (κ1) is 19.9. The van der Waals surface area contributed by atoms with Gasteiger partial charge in [0.25, 0.3) is 5.91 Å². The normalized spacial score (nSPS) is 10.6. The predicted octanol–water partition coefficient (Wildman–Crippen LogP) is 3.15. The lowest BCUT2D eigenvalue weighted by molar-refractivity contribution is 0.0956. The van der Waals surface area contributed by atoms with Crippen LogP contribution in [0.3, 0.4) is 0 Å². The molecule has 3 N–H and O–H groups in total. The highest BCUT2D eigenvalue weighted by atomic mass is 32.2. The topological polar surface area (TPSA) is 83.4 Å². The summed E-state index contributed by atoms with van der Waals surface area (Å²) in [5.74, 6) is 2.46. The van der Waals surface area contributed by atoms with Crippen LogP contribution in [0.2, 0.25) is 0 Å². The average molecular weight is 375 g/mol. The molecule has 1 aromatic heterocycles. The maximum Gasteiger partial charge on any atom is 0.315 e. The van der Waals surface area contributed by atoms with Gasteiger partial charge in [-0.2, -0.15) is 11.8 Å². The van der Waals surface area contributed by atoms with E-state index in [1.807, 2.05) is 38.1 Å². The Hall–Kier alpha value is -2.41. The second-order valence-electron chi connectivity index (χ2n) is 6.07. The zero-order valence-corrected chi connectivity index (χ0v) is 15.9. The minimum absolute atomic E-state index is 0.0957. The van der Waals surface area contributed by atoms with Crippen molar-refractivity contribution in [2.45, 2.75) is 32.2 Å². The van der Waals surface area contributed by atoms with Gasteiger partial charge in [0, 0.05) is 30.4 Å². The Morgan fingerprint density at radius 1 is 1.12 bits per heavy atom. The van der Waals surface area contributed by atoms with Crippen LogP contribution in [0.5, 0.6) is 0 Å². The van der Waals surface area contributed by atoms with E-state index in [1.54, 1.807) is 30.2 Å². The summed E-state index contributed by atoms with van der Waals surface area (Å²) in [4.78, 5) is 23.7. The standard InChI is InChI=1S/C19H25N3O3S/c1-14(2)22-19(24)21-12-15-5-7-16(8-6-15)18(23)20-9-11-26-13-17-4-3-10-25-17/h3-8,10,14H,9,11-13H2,1-2H3,(H,20,23)(H2,21,22,24). The number of hydrogen-bond acceptors (Lipinski definition) is 4. The minimum Gasteiger partial charge on any atom is -0.468 e. The number of nitrogens with one attached hydrogen (secondary N) is 3. The summed E-state index contributed by atoms with van der Waals surface area (Å²) >= 11 is 1.71. The monoisotopic (exact) mass is 375 g/mol. The number of carbonyl (C=O) groups is 2. The molecule has 2 rings (SSSR count). The van der Waals surface area contributed by atoms with Gasteiger partial charge in [-0.25, -0.2) is 4.79 Å². The van der Waals surface area contributed by atoms with Crippen LogP contribution in [0.15, 0.2) is 47.1 Å². The summed E-state index contributed by atoms with van der Waals surface area (Å²) in [6.45, 7) is 4.83. The number of furan rings is 1. The van der Waals surface area contributed by atoms with Gasteiger partial charge in [0.15, 0.2) is 0 Å². The maximum absolute atomic E-state index is 12.1. The molecule has 2 aromatic rings. The van der Waals surface area contributed by atoms with Gasteiger partial charge in [-0.05, 0) is 43.7 Å². The number of rotatable bonds is 9. The molecule has 0 unspecified atom stereocenters. The maximum atomic E-state index is 12.1. The molecular weight excluding hydrogens is 350 g/mol. The summed E-state index contributed by atoms with van der Waals surface area (Å²) in [5.41, 5.74) is 1.55. The molecule has 26 heavy (non-hydrogen) atoms. The van der Waals surface area contributed by atoms with E-state index < -0.39 is 0 Å². The van der Waals surface area contributed by atoms with Gasteiger partial charge in [-0.1, -0.05) is 12.1 Å². The highest BCUT2D eigenvalue weighted by molar-refractivity contribution is 7.98. The number of carbonyl (C=O) groups excluding carboxylic acids is 2. The molecule has 3 amide bonds. The van der Waals surface area contributed by atoms with Crippen molar-refractivity contribution in [1.82, 2.24) is 16.0 Å². The number of benzene rings is 1. The fourth-order valence-electron chi connectivity index (χ4n) is 2.18. The summed E-state index contributed by atoms with van der Waals surface area (Å²) in [7, 11) is 0. The molecule has 7 heteroatoms. The second-order valence-corrected chi connectivity index (χ2v) is 7.17. The molecule has 0 fully saturated rings. The first-order valence-corrected chi connectivity index (χ1v) is 9.71. The van der Waals surface area contributed by atoms with Crippen LogP contribution < -0.4 is 16.0 Å². The van der Waals surface area contributed by atoms with Gasteiger partial charge in [0.1, 0.15) is 5.76 Å². The number of amides is 3. The quantitative estimate of drug-likeness (QED) is 0.588. The fourth-order valence-corrected chi connectivity index (χ4v) is 2.93. The van der Waals surface area contributed by atoms with Gasteiger partial charge in [0.05, 0.1) is 12.0 Å². The molecule has 0 bridgehead atoms. The highest BCUT2D eigenvalue weighted by Gasteiger charge is 2.06. The molecule has 1 aromatic carbocycles. The van der Waals surface area contributed by atoms with Crippen molar-refractivity contribution in [2.75, 3.05) is 12.3 Å². The molecule has 0 radical (unpaired) electrons. The Labute approximate surface area is 158 Å². The third-order valence-electron chi connectivity index (χ3n) is 3.45. The molecule has 1 heterocycles. The predicted molar refractivity (Wildman–Crippen MR) is 104 cm³/mol. The van der Waals surface area contributed by atoms with Gasteiger partial charge < -0.3 is 20.4 Å².